The summed E-state index contributed by atoms with van der Waals surface area (Å²) < 4.78 is 25.2. The van der Waals surface area contributed by atoms with Gasteiger partial charge in [-0.3, -0.25) is 4.68 Å². The molecule has 0 amide bonds. The third-order valence-electron chi connectivity index (χ3n) is 2.80. The minimum absolute atomic E-state index is 0.00173. The topological polar surface area (TPSA) is 120 Å². The summed E-state index contributed by atoms with van der Waals surface area (Å²) in [5, 5.41) is 20.6. The molecule has 0 spiro atoms. The quantitative estimate of drug-likeness (QED) is 0.784. The normalized spacial score (nSPS) is 11.7. The van der Waals surface area contributed by atoms with Gasteiger partial charge in [-0.25, -0.2) is 17.9 Å². The van der Waals surface area contributed by atoms with Crippen LogP contribution in [-0.4, -0.2) is 56.3 Å². The first-order valence-electron chi connectivity index (χ1n) is 6.11. The smallest absolute Gasteiger partial charge is 0.358 e. The van der Waals surface area contributed by atoms with Crippen LogP contribution in [0.2, 0.25) is 0 Å². The number of carbonyl (C=O) groups is 1. The van der Waals surface area contributed by atoms with E-state index in [9.17, 15) is 13.2 Å². The number of hydrogen-bond donors (Lipinski definition) is 1. The molecule has 2 aromatic rings. The fraction of sp³-hybridized carbons (Fsp3) is 0.455. The van der Waals surface area contributed by atoms with Crippen LogP contribution < -0.4 is 0 Å². The standard InChI is InChI=1S/C11H15N5O4S/c1-15-7-8(6-12-15)10-9(11(17)18)13-14-16(10)4-3-5-21(2,19)20/h6-7H,3-5H2,1-2H3,(H,17,18). The molecule has 2 rings (SSSR count). The summed E-state index contributed by atoms with van der Waals surface area (Å²) >= 11 is 0. The number of aryl methyl sites for hydroxylation is 2. The van der Waals surface area contributed by atoms with E-state index in [1.165, 1.54) is 15.6 Å². The van der Waals surface area contributed by atoms with Crippen LogP contribution in [0.3, 0.4) is 0 Å². The number of aromatic nitrogens is 5. The van der Waals surface area contributed by atoms with Crippen molar-refractivity contribution < 1.29 is 18.3 Å². The first-order valence-corrected chi connectivity index (χ1v) is 8.17. The van der Waals surface area contributed by atoms with E-state index in [4.69, 9.17) is 5.11 Å². The van der Waals surface area contributed by atoms with Gasteiger partial charge in [-0.1, -0.05) is 5.21 Å². The van der Waals surface area contributed by atoms with E-state index in [0.29, 0.717) is 17.7 Å². The average molecular weight is 313 g/mol. The second-order valence-electron chi connectivity index (χ2n) is 4.70. The van der Waals surface area contributed by atoms with Gasteiger partial charge in [-0.2, -0.15) is 5.10 Å². The van der Waals surface area contributed by atoms with Gasteiger partial charge in [0.15, 0.2) is 5.69 Å². The highest BCUT2D eigenvalue weighted by molar-refractivity contribution is 7.90. The van der Waals surface area contributed by atoms with Gasteiger partial charge in [0.05, 0.1) is 11.9 Å². The molecule has 10 heteroatoms. The maximum Gasteiger partial charge on any atom is 0.358 e. The summed E-state index contributed by atoms with van der Waals surface area (Å²) in [4.78, 5) is 11.2. The Kier molecular flexibility index (Phi) is 4.07. The van der Waals surface area contributed by atoms with Gasteiger partial charge >= 0.3 is 5.97 Å². The Morgan fingerprint density at radius 2 is 2.14 bits per heavy atom. The zero-order valence-corrected chi connectivity index (χ0v) is 12.4. The van der Waals surface area contributed by atoms with Crippen LogP contribution in [0, 0.1) is 0 Å². The predicted octanol–water partition coefficient (Wildman–Crippen LogP) is -0.188. The lowest BCUT2D eigenvalue weighted by molar-refractivity contribution is 0.0691. The second-order valence-corrected chi connectivity index (χ2v) is 6.96. The third kappa shape index (κ3) is 3.66. The Labute approximate surface area is 121 Å². The largest absolute Gasteiger partial charge is 0.476 e. The minimum Gasteiger partial charge on any atom is -0.476 e. The van der Waals surface area contributed by atoms with Crippen molar-refractivity contribution in [3.63, 3.8) is 0 Å². The van der Waals surface area contributed by atoms with Gasteiger partial charge in [-0.15, -0.1) is 5.10 Å². The molecule has 0 aliphatic heterocycles. The number of aromatic carboxylic acids is 1. The molecule has 0 bridgehead atoms. The lowest BCUT2D eigenvalue weighted by Crippen LogP contribution is -2.10. The van der Waals surface area contributed by atoms with E-state index in [1.807, 2.05) is 0 Å². The molecule has 1 N–H and O–H groups in total. The van der Waals surface area contributed by atoms with Crippen LogP contribution >= 0.6 is 0 Å². The molecule has 0 unspecified atom stereocenters. The first kappa shape index (κ1) is 15.2. The van der Waals surface area contributed by atoms with E-state index in [-0.39, 0.29) is 18.0 Å². The summed E-state index contributed by atoms with van der Waals surface area (Å²) in [5.74, 6) is -1.19. The number of nitrogens with zero attached hydrogens (tertiary/aromatic N) is 5. The van der Waals surface area contributed by atoms with Gasteiger partial charge in [0.25, 0.3) is 0 Å². The summed E-state index contributed by atoms with van der Waals surface area (Å²) in [5.41, 5.74) is 0.714. The van der Waals surface area contributed by atoms with Crippen molar-refractivity contribution in [1.29, 1.82) is 0 Å². The molecule has 2 heterocycles. The molecule has 2 aromatic heterocycles. The molecule has 0 aliphatic rings. The van der Waals surface area contributed by atoms with Crippen LogP contribution in [0.4, 0.5) is 0 Å². The molecular weight excluding hydrogens is 298 g/mol. The second kappa shape index (κ2) is 5.64. The molecular formula is C11H15N5O4S. The Morgan fingerprint density at radius 3 is 2.67 bits per heavy atom. The number of carboxylic acids is 1. The third-order valence-corrected chi connectivity index (χ3v) is 3.83. The molecule has 0 atom stereocenters. The van der Waals surface area contributed by atoms with Gasteiger partial charge in [0, 0.05) is 31.6 Å². The van der Waals surface area contributed by atoms with Crippen LogP contribution in [0.1, 0.15) is 16.9 Å². The first-order chi connectivity index (χ1) is 9.78. The molecule has 21 heavy (non-hydrogen) atoms. The Hall–Kier alpha value is -2.23. The minimum atomic E-state index is -3.07. The van der Waals surface area contributed by atoms with Crippen molar-refractivity contribution in [3.05, 3.63) is 18.1 Å². The number of carboxylic acid groups (broad SMARTS) is 1. The van der Waals surface area contributed by atoms with Crippen LogP contribution in [0.25, 0.3) is 11.3 Å². The van der Waals surface area contributed by atoms with Gasteiger partial charge < -0.3 is 5.11 Å². The molecule has 0 saturated heterocycles. The maximum absolute atomic E-state index is 11.2. The molecule has 0 fully saturated rings. The monoisotopic (exact) mass is 313 g/mol. The highest BCUT2D eigenvalue weighted by Crippen LogP contribution is 2.22. The summed E-state index contributed by atoms with van der Waals surface area (Å²) in [6, 6.07) is 0. The van der Waals surface area contributed by atoms with Gasteiger partial charge in [0.2, 0.25) is 0 Å². The summed E-state index contributed by atoms with van der Waals surface area (Å²) in [6.45, 7) is 0.261. The van der Waals surface area contributed by atoms with Crippen molar-refractivity contribution in [2.45, 2.75) is 13.0 Å². The maximum atomic E-state index is 11.2. The predicted molar refractivity (Wildman–Crippen MR) is 73.5 cm³/mol. The van der Waals surface area contributed by atoms with Crippen LogP contribution in [-0.2, 0) is 23.4 Å². The molecule has 0 saturated carbocycles. The van der Waals surface area contributed by atoms with E-state index in [0.717, 1.165) is 6.26 Å². The Morgan fingerprint density at radius 1 is 1.43 bits per heavy atom. The van der Waals surface area contributed by atoms with E-state index in [1.54, 1.807) is 13.2 Å². The molecule has 9 nitrogen and oxygen atoms in total. The zero-order chi connectivity index (χ0) is 15.6. The number of hydrogen-bond acceptors (Lipinski definition) is 6. The fourth-order valence-corrected chi connectivity index (χ4v) is 2.57. The van der Waals surface area contributed by atoms with Gasteiger partial charge in [0.1, 0.15) is 15.5 Å². The summed E-state index contributed by atoms with van der Waals surface area (Å²) in [7, 11) is -1.36. The van der Waals surface area contributed by atoms with Crippen molar-refractivity contribution >= 4 is 15.8 Å². The van der Waals surface area contributed by atoms with Gasteiger partial charge in [-0.05, 0) is 6.42 Å². The van der Waals surface area contributed by atoms with Crippen molar-refractivity contribution in [2.24, 2.45) is 7.05 Å². The lowest BCUT2D eigenvalue weighted by atomic mass is 10.2. The van der Waals surface area contributed by atoms with Crippen LogP contribution in [0.5, 0.6) is 0 Å². The Bertz CT molecular complexity index is 761. The van der Waals surface area contributed by atoms with E-state index in [2.05, 4.69) is 15.4 Å². The van der Waals surface area contributed by atoms with Crippen molar-refractivity contribution in [3.8, 4) is 11.3 Å². The lowest BCUT2D eigenvalue weighted by Gasteiger charge is -2.04. The SMILES string of the molecule is Cn1cc(-c2c(C(=O)O)nnn2CCCS(C)(=O)=O)cn1. The highest BCUT2D eigenvalue weighted by atomic mass is 32.2. The van der Waals surface area contributed by atoms with Crippen molar-refractivity contribution in [2.75, 3.05) is 12.0 Å². The number of rotatable bonds is 6. The van der Waals surface area contributed by atoms with E-state index < -0.39 is 15.8 Å². The zero-order valence-electron chi connectivity index (χ0n) is 11.6. The number of sulfone groups is 1. The highest BCUT2D eigenvalue weighted by Gasteiger charge is 2.21. The van der Waals surface area contributed by atoms with Crippen LogP contribution in [0.15, 0.2) is 12.4 Å². The average Bonchev–Trinajstić information content (AvgIpc) is 2.93. The van der Waals surface area contributed by atoms with E-state index >= 15 is 0 Å². The molecule has 0 aliphatic carbocycles. The fourth-order valence-electron chi connectivity index (χ4n) is 1.92. The molecule has 0 radical (unpaired) electrons. The summed E-state index contributed by atoms with van der Waals surface area (Å²) in [6.07, 6.45) is 4.64. The molecule has 0 aromatic carbocycles. The molecule has 114 valence electrons. The van der Waals surface area contributed by atoms with Crippen molar-refractivity contribution in [1.82, 2.24) is 24.8 Å². The Balaban J connectivity index is 2.32.